The van der Waals surface area contributed by atoms with Crippen LogP contribution in [0.3, 0.4) is 0 Å². The van der Waals surface area contributed by atoms with Crippen molar-refractivity contribution in [3.63, 3.8) is 0 Å². The number of amides is 2. The molecule has 2 saturated heterocycles. The van der Waals surface area contributed by atoms with Crippen LogP contribution in [0, 0.1) is 12.3 Å². The SMILES string of the molecule is CC[C@]1(C(=O)NCCc2cccnc2)C[C@H]2CC[C@@H]1N2C(=O)c1noc(C)c1CO. The molecule has 2 aliphatic heterocycles. The molecule has 0 radical (unpaired) electrons. The summed E-state index contributed by atoms with van der Waals surface area (Å²) in [6.45, 7) is 3.94. The first-order valence-electron chi connectivity index (χ1n) is 10.6. The molecular formula is C22H28N4O4. The van der Waals surface area contributed by atoms with E-state index in [1.165, 1.54) is 0 Å². The first-order valence-corrected chi connectivity index (χ1v) is 10.6. The van der Waals surface area contributed by atoms with Gasteiger partial charge < -0.3 is 19.8 Å². The summed E-state index contributed by atoms with van der Waals surface area (Å²) in [4.78, 5) is 32.5. The number of hydrogen-bond donors (Lipinski definition) is 2. The smallest absolute Gasteiger partial charge is 0.276 e. The topological polar surface area (TPSA) is 109 Å². The molecule has 30 heavy (non-hydrogen) atoms. The highest BCUT2D eigenvalue weighted by atomic mass is 16.5. The fraction of sp³-hybridized carbons (Fsp3) is 0.545. The van der Waals surface area contributed by atoms with Crippen molar-refractivity contribution in [1.29, 1.82) is 0 Å². The highest BCUT2D eigenvalue weighted by Gasteiger charge is 2.60. The average Bonchev–Trinajstić information content (AvgIpc) is 3.45. The van der Waals surface area contributed by atoms with Gasteiger partial charge in [0.05, 0.1) is 17.6 Å². The first-order chi connectivity index (χ1) is 14.5. The largest absolute Gasteiger partial charge is 0.391 e. The average molecular weight is 412 g/mol. The van der Waals surface area contributed by atoms with Crippen LogP contribution in [-0.2, 0) is 17.8 Å². The van der Waals surface area contributed by atoms with Crippen molar-refractivity contribution in [2.45, 2.75) is 64.6 Å². The normalized spacial score (nSPS) is 25.0. The third-order valence-electron chi connectivity index (χ3n) is 6.83. The van der Waals surface area contributed by atoms with Gasteiger partial charge in [0.2, 0.25) is 5.91 Å². The number of aryl methyl sites for hydroxylation is 1. The summed E-state index contributed by atoms with van der Waals surface area (Å²) in [5.41, 5.74) is 1.07. The molecule has 0 aromatic carbocycles. The lowest BCUT2D eigenvalue weighted by molar-refractivity contribution is -0.132. The van der Waals surface area contributed by atoms with Crippen molar-refractivity contribution in [3.8, 4) is 0 Å². The summed E-state index contributed by atoms with van der Waals surface area (Å²) in [6, 6.07) is 3.72. The van der Waals surface area contributed by atoms with E-state index in [2.05, 4.69) is 15.5 Å². The van der Waals surface area contributed by atoms with Gasteiger partial charge in [-0.3, -0.25) is 14.6 Å². The van der Waals surface area contributed by atoms with Crippen molar-refractivity contribution < 1.29 is 19.2 Å². The predicted octanol–water partition coefficient (Wildman–Crippen LogP) is 2.00. The highest BCUT2D eigenvalue weighted by molar-refractivity contribution is 5.96. The van der Waals surface area contributed by atoms with Crippen molar-refractivity contribution in [1.82, 2.24) is 20.4 Å². The second-order valence-electron chi connectivity index (χ2n) is 8.26. The Labute approximate surface area is 175 Å². The third kappa shape index (κ3) is 3.29. The van der Waals surface area contributed by atoms with Crippen molar-refractivity contribution >= 4 is 11.8 Å². The number of hydrogen-bond acceptors (Lipinski definition) is 6. The van der Waals surface area contributed by atoms with Gasteiger partial charge in [-0.05, 0) is 50.7 Å². The lowest BCUT2D eigenvalue weighted by Crippen LogP contribution is -2.50. The van der Waals surface area contributed by atoms with Gasteiger partial charge in [-0.1, -0.05) is 18.1 Å². The lowest BCUT2D eigenvalue weighted by Gasteiger charge is -2.35. The third-order valence-corrected chi connectivity index (χ3v) is 6.83. The van der Waals surface area contributed by atoms with E-state index in [9.17, 15) is 14.7 Å². The quantitative estimate of drug-likeness (QED) is 0.720. The van der Waals surface area contributed by atoms with E-state index in [0.717, 1.165) is 18.4 Å². The number of nitrogens with zero attached hydrogens (tertiary/aromatic N) is 3. The molecule has 2 aromatic rings. The molecule has 0 saturated carbocycles. The highest BCUT2D eigenvalue weighted by Crippen LogP contribution is 2.52. The number of carbonyl (C=O) groups is 2. The maximum Gasteiger partial charge on any atom is 0.276 e. The monoisotopic (exact) mass is 412 g/mol. The van der Waals surface area contributed by atoms with E-state index >= 15 is 0 Å². The maximum absolute atomic E-state index is 13.3. The van der Waals surface area contributed by atoms with E-state index in [0.29, 0.717) is 37.1 Å². The first kappa shape index (κ1) is 20.5. The van der Waals surface area contributed by atoms with Crippen LogP contribution in [0.15, 0.2) is 29.0 Å². The van der Waals surface area contributed by atoms with Crippen LogP contribution in [0.4, 0.5) is 0 Å². The Balaban J connectivity index is 1.49. The second kappa shape index (κ2) is 8.18. The minimum Gasteiger partial charge on any atom is -0.391 e. The van der Waals surface area contributed by atoms with E-state index in [1.54, 1.807) is 19.3 Å². The molecule has 2 bridgehead atoms. The zero-order valence-electron chi connectivity index (χ0n) is 17.4. The number of fused-ring (bicyclic) bond motifs is 2. The Morgan fingerprint density at radius 2 is 2.23 bits per heavy atom. The summed E-state index contributed by atoms with van der Waals surface area (Å²) in [7, 11) is 0. The van der Waals surface area contributed by atoms with Gasteiger partial charge in [0.1, 0.15) is 5.76 Å². The Morgan fingerprint density at radius 1 is 1.40 bits per heavy atom. The number of rotatable bonds is 7. The molecule has 2 amide bonds. The van der Waals surface area contributed by atoms with Gasteiger partial charge in [0.15, 0.2) is 5.69 Å². The van der Waals surface area contributed by atoms with Crippen LogP contribution in [0.1, 0.15) is 60.0 Å². The number of aliphatic hydroxyl groups excluding tert-OH is 1. The molecule has 2 fully saturated rings. The molecule has 8 heteroatoms. The van der Waals surface area contributed by atoms with Crippen molar-refractivity contribution in [2.24, 2.45) is 5.41 Å². The molecule has 0 aliphatic carbocycles. The van der Waals surface area contributed by atoms with Crippen LogP contribution in [-0.4, -0.2) is 50.6 Å². The minimum atomic E-state index is -0.592. The fourth-order valence-electron chi connectivity index (χ4n) is 5.18. The van der Waals surface area contributed by atoms with Crippen LogP contribution < -0.4 is 5.32 Å². The molecule has 0 unspecified atom stereocenters. The van der Waals surface area contributed by atoms with E-state index < -0.39 is 5.41 Å². The lowest BCUT2D eigenvalue weighted by atomic mass is 9.71. The van der Waals surface area contributed by atoms with Crippen LogP contribution in [0.5, 0.6) is 0 Å². The molecule has 8 nitrogen and oxygen atoms in total. The van der Waals surface area contributed by atoms with E-state index in [-0.39, 0.29) is 36.2 Å². The molecular weight excluding hydrogens is 384 g/mol. The van der Waals surface area contributed by atoms with Gasteiger partial charge in [0.25, 0.3) is 5.91 Å². The van der Waals surface area contributed by atoms with Gasteiger partial charge in [0, 0.05) is 31.0 Å². The molecule has 3 atom stereocenters. The Kier molecular flexibility index (Phi) is 5.60. The zero-order chi connectivity index (χ0) is 21.3. The van der Waals surface area contributed by atoms with Gasteiger partial charge in [-0.15, -0.1) is 0 Å². The van der Waals surface area contributed by atoms with Crippen LogP contribution in [0.2, 0.25) is 0 Å². The Hall–Kier alpha value is -2.74. The number of aliphatic hydroxyl groups is 1. The summed E-state index contributed by atoms with van der Waals surface area (Å²) in [5.74, 6) is 0.210. The standard InChI is InChI=1S/C22H28N4O4/c1-3-22(21(29)24-10-8-15-5-4-9-23-12-15)11-16-6-7-18(22)26(16)20(28)19-17(13-27)14(2)30-25-19/h4-5,9,12,16,18,27H,3,6-8,10-11,13H2,1-2H3,(H,24,29)/t16-,18+,22+/m1/s1. The molecule has 0 spiro atoms. The molecule has 2 aliphatic rings. The zero-order valence-corrected chi connectivity index (χ0v) is 17.4. The van der Waals surface area contributed by atoms with Gasteiger partial charge in [-0.25, -0.2) is 0 Å². The maximum atomic E-state index is 13.3. The van der Waals surface area contributed by atoms with Crippen LogP contribution >= 0.6 is 0 Å². The predicted molar refractivity (Wildman–Crippen MR) is 108 cm³/mol. The number of aromatic nitrogens is 2. The summed E-state index contributed by atoms with van der Waals surface area (Å²) in [5, 5.41) is 16.6. The fourth-order valence-corrected chi connectivity index (χ4v) is 5.18. The summed E-state index contributed by atoms with van der Waals surface area (Å²) in [6.07, 6.45) is 7.25. The second-order valence-corrected chi connectivity index (χ2v) is 8.26. The Morgan fingerprint density at radius 3 is 2.93 bits per heavy atom. The summed E-state index contributed by atoms with van der Waals surface area (Å²) < 4.78 is 5.14. The number of pyridine rings is 1. The van der Waals surface area contributed by atoms with Gasteiger partial charge >= 0.3 is 0 Å². The number of nitrogens with one attached hydrogen (secondary N) is 1. The Bertz CT molecular complexity index is 928. The van der Waals surface area contributed by atoms with Crippen LogP contribution in [0.25, 0.3) is 0 Å². The molecule has 160 valence electrons. The van der Waals surface area contributed by atoms with Crippen molar-refractivity contribution in [3.05, 3.63) is 47.1 Å². The van der Waals surface area contributed by atoms with E-state index in [1.807, 2.05) is 24.0 Å². The molecule has 2 aromatic heterocycles. The molecule has 4 rings (SSSR count). The van der Waals surface area contributed by atoms with Gasteiger partial charge in [-0.2, -0.15) is 0 Å². The van der Waals surface area contributed by atoms with E-state index in [4.69, 9.17) is 4.52 Å². The minimum absolute atomic E-state index is 0.00933. The summed E-state index contributed by atoms with van der Waals surface area (Å²) >= 11 is 0. The number of carbonyl (C=O) groups excluding carboxylic acids is 2. The molecule has 4 heterocycles. The molecule has 2 N–H and O–H groups in total. The van der Waals surface area contributed by atoms with Crippen molar-refractivity contribution in [2.75, 3.05) is 6.54 Å².